The number of hydrogen-bond donors (Lipinski definition) is 4. The zero-order valence-electron chi connectivity index (χ0n) is 7.74. The SMILES string of the molecule is CCNC(=O)Nc1ccc(O)c(O)c1. The second kappa shape index (κ2) is 4.36. The summed E-state index contributed by atoms with van der Waals surface area (Å²) in [5, 5.41) is 23.1. The van der Waals surface area contributed by atoms with Crippen molar-refractivity contribution < 1.29 is 15.0 Å². The zero-order valence-corrected chi connectivity index (χ0v) is 7.74. The van der Waals surface area contributed by atoms with E-state index in [0.29, 0.717) is 12.2 Å². The number of urea groups is 1. The van der Waals surface area contributed by atoms with Crippen molar-refractivity contribution in [3.05, 3.63) is 18.2 Å². The summed E-state index contributed by atoms with van der Waals surface area (Å²) in [5.41, 5.74) is 0.422. The lowest BCUT2D eigenvalue weighted by Crippen LogP contribution is -2.28. The van der Waals surface area contributed by atoms with Crippen LogP contribution in [0.3, 0.4) is 0 Å². The van der Waals surface area contributed by atoms with Gasteiger partial charge in [-0.15, -0.1) is 0 Å². The third-order valence-electron chi connectivity index (χ3n) is 1.57. The standard InChI is InChI=1S/C9H12N2O3/c1-2-10-9(14)11-6-3-4-7(12)8(13)5-6/h3-5,12-13H,2H2,1H3,(H2,10,11,14). The second-order valence-corrected chi connectivity index (χ2v) is 2.69. The number of hydrogen-bond acceptors (Lipinski definition) is 3. The summed E-state index contributed by atoms with van der Waals surface area (Å²) in [5.74, 6) is -0.481. The number of aromatic hydroxyl groups is 2. The Balaban J connectivity index is 2.68. The van der Waals surface area contributed by atoms with Gasteiger partial charge in [-0.1, -0.05) is 0 Å². The second-order valence-electron chi connectivity index (χ2n) is 2.69. The van der Waals surface area contributed by atoms with Crippen molar-refractivity contribution in [2.45, 2.75) is 6.92 Å². The number of amides is 2. The molecule has 0 bridgehead atoms. The van der Waals surface area contributed by atoms with Crippen LogP contribution in [0.4, 0.5) is 10.5 Å². The lowest BCUT2D eigenvalue weighted by atomic mass is 10.3. The molecule has 1 aromatic carbocycles. The van der Waals surface area contributed by atoms with Gasteiger partial charge in [-0.3, -0.25) is 0 Å². The number of carbonyl (C=O) groups excluding carboxylic acids is 1. The predicted molar refractivity (Wildman–Crippen MR) is 52.5 cm³/mol. The van der Waals surface area contributed by atoms with E-state index in [1.165, 1.54) is 18.2 Å². The number of phenolic OH excluding ortho intramolecular Hbond substituents is 2. The van der Waals surface area contributed by atoms with Crippen LogP contribution in [0.5, 0.6) is 11.5 Å². The Kier molecular flexibility index (Phi) is 3.17. The van der Waals surface area contributed by atoms with Crippen LogP contribution in [0.15, 0.2) is 18.2 Å². The Morgan fingerprint density at radius 3 is 2.64 bits per heavy atom. The van der Waals surface area contributed by atoms with E-state index in [1.54, 1.807) is 6.92 Å². The molecule has 0 unspecified atom stereocenters. The van der Waals surface area contributed by atoms with Crippen molar-refractivity contribution in [3.8, 4) is 11.5 Å². The molecule has 0 aliphatic rings. The van der Waals surface area contributed by atoms with Crippen LogP contribution >= 0.6 is 0 Å². The summed E-state index contributed by atoms with van der Waals surface area (Å²) in [6, 6.07) is 3.71. The average molecular weight is 196 g/mol. The monoisotopic (exact) mass is 196 g/mol. The molecule has 5 heteroatoms. The third kappa shape index (κ3) is 2.55. The van der Waals surface area contributed by atoms with Gasteiger partial charge in [0.2, 0.25) is 0 Å². The molecule has 0 aliphatic carbocycles. The van der Waals surface area contributed by atoms with Crippen molar-refractivity contribution in [2.75, 3.05) is 11.9 Å². The molecule has 0 fully saturated rings. The van der Waals surface area contributed by atoms with Crippen LogP contribution in [0, 0.1) is 0 Å². The summed E-state index contributed by atoms with van der Waals surface area (Å²) in [7, 11) is 0. The highest BCUT2D eigenvalue weighted by atomic mass is 16.3. The number of phenols is 2. The van der Waals surface area contributed by atoms with Crippen molar-refractivity contribution >= 4 is 11.7 Å². The first kappa shape index (κ1) is 10.2. The molecule has 4 N–H and O–H groups in total. The first-order valence-corrected chi connectivity index (χ1v) is 4.20. The van der Waals surface area contributed by atoms with Crippen molar-refractivity contribution in [3.63, 3.8) is 0 Å². The number of benzene rings is 1. The Bertz CT molecular complexity index is 339. The molecule has 1 rings (SSSR count). The van der Waals surface area contributed by atoms with Crippen LogP contribution in [0.2, 0.25) is 0 Å². The molecule has 2 amide bonds. The van der Waals surface area contributed by atoms with Gasteiger partial charge in [0.15, 0.2) is 11.5 Å². The van der Waals surface area contributed by atoms with Crippen LogP contribution in [0.1, 0.15) is 6.92 Å². The minimum atomic E-state index is -0.349. The maximum absolute atomic E-state index is 11.0. The largest absolute Gasteiger partial charge is 0.504 e. The molecule has 0 radical (unpaired) electrons. The molecule has 5 nitrogen and oxygen atoms in total. The maximum Gasteiger partial charge on any atom is 0.319 e. The molecule has 0 spiro atoms. The minimum absolute atomic E-state index is 0.216. The van der Waals surface area contributed by atoms with Crippen molar-refractivity contribution in [1.82, 2.24) is 5.32 Å². The minimum Gasteiger partial charge on any atom is -0.504 e. The number of nitrogens with one attached hydrogen (secondary N) is 2. The highest BCUT2D eigenvalue weighted by molar-refractivity contribution is 5.89. The fourth-order valence-corrected chi connectivity index (χ4v) is 0.937. The van der Waals surface area contributed by atoms with Gasteiger partial charge in [0.1, 0.15) is 0 Å². The summed E-state index contributed by atoms with van der Waals surface area (Å²) in [6.07, 6.45) is 0. The quantitative estimate of drug-likeness (QED) is 0.424. The molecule has 0 atom stereocenters. The lowest BCUT2D eigenvalue weighted by Gasteiger charge is -2.06. The molecular formula is C9H12N2O3. The Labute approximate surface area is 81.4 Å². The van der Waals surface area contributed by atoms with Crippen LogP contribution in [-0.2, 0) is 0 Å². The lowest BCUT2D eigenvalue weighted by molar-refractivity contribution is 0.252. The molecular weight excluding hydrogens is 184 g/mol. The van der Waals surface area contributed by atoms with Gasteiger partial charge in [-0.25, -0.2) is 4.79 Å². The summed E-state index contributed by atoms with van der Waals surface area (Å²) in [4.78, 5) is 11.0. The first-order chi connectivity index (χ1) is 6.63. The first-order valence-electron chi connectivity index (χ1n) is 4.20. The van der Waals surface area contributed by atoms with E-state index in [4.69, 9.17) is 10.2 Å². The zero-order chi connectivity index (χ0) is 10.6. The van der Waals surface area contributed by atoms with Crippen molar-refractivity contribution in [1.29, 1.82) is 0 Å². The molecule has 1 aromatic rings. The Hall–Kier alpha value is -1.91. The fraction of sp³-hybridized carbons (Fsp3) is 0.222. The van der Waals surface area contributed by atoms with E-state index in [9.17, 15) is 4.79 Å². The van der Waals surface area contributed by atoms with Gasteiger partial charge in [-0.05, 0) is 19.1 Å². The van der Waals surface area contributed by atoms with E-state index in [-0.39, 0.29) is 17.5 Å². The van der Waals surface area contributed by atoms with Gasteiger partial charge in [0.25, 0.3) is 0 Å². The van der Waals surface area contributed by atoms with Gasteiger partial charge < -0.3 is 20.8 Å². The normalized spacial score (nSPS) is 9.50. The summed E-state index contributed by atoms with van der Waals surface area (Å²) >= 11 is 0. The number of rotatable bonds is 2. The number of carbonyl (C=O) groups is 1. The molecule has 0 saturated carbocycles. The van der Waals surface area contributed by atoms with E-state index < -0.39 is 0 Å². The van der Waals surface area contributed by atoms with E-state index in [0.717, 1.165) is 0 Å². The van der Waals surface area contributed by atoms with Crippen LogP contribution in [0.25, 0.3) is 0 Å². The van der Waals surface area contributed by atoms with Gasteiger partial charge in [0.05, 0.1) is 0 Å². The molecule has 0 heterocycles. The van der Waals surface area contributed by atoms with Gasteiger partial charge >= 0.3 is 6.03 Å². The predicted octanol–water partition coefficient (Wildman–Crippen LogP) is 1.24. The molecule has 0 saturated heterocycles. The van der Waals surface area contributed by atoms with Gasteiger partial charge in [-0.2, -0.15) is 0 Å². The van der Waals surface area contributed by atoms with E-state index >= 15 is 0 Å². The maximum atomic E-state index is 11.0. The third-order valence-corrected chi connectivity index (χ3v) is 1.57. The Morgan fingerprint density at radius 2 is 2.07 bits per heavy atom. The summed E-state index contributed by atoms with van der Waals surface area (Å²) < 4.78 is 0. The average Bonchev–Trinajstić information content (AvgIpc) is 2.12. The molecule has 0 aliphatic heterocycles. The number of anilines is 1. The fourth-order valence-electron chi connectivity index (χ4n) is 0.937. The van der Waals surface area contributed by atoms with Crippen molar-refractivity contribution in [2.24, 2.45) is 0 Å². The highest BCUT2D eigenvalue weighted by Gasteiger charge is 2.03. The molecule has 0 aromatic heterocycles. The van der Waals surface area contributed by atoms with E-state index in [1.807, 2.05) is 0 Å². The van der Waals surface area contributed by atoms with Gasteiger partial charge in [0, 0.05) is 18.3 Å². The smallest absolute Gasteiger partial charge is 0.319 e. The highest BCUT2D eigenvalue weighted by Crippen LogP contribution is 2.27. The summed E-state index contributed by atoms with van der Waals surface area (Å²) in [6.45, 7) is 2.32. The topological polar surface area (TPSA) is 81.6 Å². The van der Waals surface area contributed by atoms with Crippen LogP contribution < -0.4 is 10.6 Å². The Morgan fingerprint density at radius 1 is 1.36 bits per heavy atom. The molecule has 14 heavy (non-hydrogen) atoms. The van der Waals surface area contributed by atoms with E-state index in [2.05, 4.69) is 10.6 Å². The van der Waals surface area contributed by atoms with Crippen LogP contribution in [-0.4, -0.2) is 22.8 Å². The molecule has 76 valence electrons.